The molecule has 2 aromatic carbocycles. The first-order valence-corrected chi connectivity index (χ1v) is 8.47. The number of nitrogens with one attached hydrogen (secondary N) is 3. The van der Waals surface area contributed by atoms with Gasteiger partial charge in [0.1, 0.15) is 12.1 Å². The Morgan fingerprint density at radius 1 is 1.22 bits per heavy atom. The number of para-hydroxylation sites is 1. The number of benzene rings is 2. The molecule has 4 N–H and O–H groups in total. The Bertz CT molecular complexity index is 941. The van der Waals surface area contributed by atoms with Gasteiger partial charge in [-0.25, -0.2) is 4.90 Å². The number of hydrogen-bond acceptors (Lipinski definition) is 5. The Morgan fingerprint density at radius 3 is 2.56 bits per heavy atom. The maximum atomic E-state index is 11.0. The van der Waals surface area contributed by atoms with E-state index in [9.17, 15) is 15.6 Å². The molecule has 136 valence electrons. The lowest BCUT2D eigenvalue weighted by Gasteiger charge is -2.45. The molecule has 1 aliphatic rings. The second-order valence-corrected chi connectivity index (χ2v) is 6.96. The summed E-state index contributed by atoms with van der Waals surface area (Å²) in [6, 6.07) is 15.4. The zero-order valence-electron chi connectivity index (χ0n) is 15.1. The highest BCUT2D eigenvalue weighted by Crippen LogP contribution is 2.41. The second kappa shape index (κ2) is 6.99. The van der Waals surface area contributed by atoms with Crippen molar-refractivity contribution in [1.82, 2.24) is 4.90 Å². The number of aliphatic hydroxyl groups excluding tert-OH is 1. The van der Waals surface area contributed by atoms with Crippen LogP contribution in [0.25, 0.3) is 0 Å². The van der Waals surface area contributed by atoms with Gasteiger partial charge >= 0.3 is 0 Å². The van der Waals surface area contributed by atoms with Crippen molar-refractivity contribution < 1.29 is 5.11 Å². The van der Waals surface area contributed by atoms with E-state index in [0.29, 0.717) is 16.8 Å². The zero-order chi connectivity index (χ0) is 19.6. The molecule has 3 rings (SSSR count). The summed E-state index contributed by atoms with van der Waals surface area (Å²) in [4.78, 5) is 1.14. The lowest BCUT2D eigenvalue weighted by atomic mass is 9.81. The topological polar surface area (TPSA) is 119 Å². The minimum atomic E-state index is -0.989. The molecule has 0 unspecified atom stereocenters. The van der Waals surface area contributed by atoms with Crippen molar-refractivity contribution in [2.24, 2.45) is 0 Å². The Hall–Kier alpha value is -3.55. The van der Waals surface area contributed by atoms with Crippen molar-refractivity contribution in [3.05, 3.63) is 59.7 Å². The van der Waals surface area contributed by atoms with E-state index in [1.807, 2.05) is 38.2 Å². The van der Waals surface area contributed by atoms with Crippen LogP contribution in [0, 0.1) is 28.2 Å². The number of fused-ring (bicyclic) bond motifs is 1. The Morgan fingerprint density at radius 2 is 1.93 bits per heavy atom. The molecule has 1 heterocycles. The summed E-state index contributed by atoms with van der Waals surface area (Å²) >= 11 is 0. The van der Waals surface area contributed by atoms with Gasteiger partial charge < -0.3 is 15.7 Å². The third-order valence-electron chi connectivity index (χ3n) is 4.66. The van der Waals surface area contributed by atoms with Crippen LogP contribution in [0.5, 0.6) is 0 Å². The Labute approximate surface area is 158 Å². The molecule has 0 bridgehead atoms. The van der Waals surface area contributed by atoms with Crippen molar-refractivity contribution in [3.8, 4) is 12.3 Å². The molecule has 0 saturated carbocycles. The van der Waals surface area contributed by atoms with Crippen LogP contribution in [0.15, 0.2) is 48.5 Å². The third kappa shape index (κ3) is 3.41. The van der Waals surface area contributed by atoms with Gasteiger partial charge in [-0.05, 0) is 44.2 Å². The van der Waals surface area contributed by atoms with Gasteiger partial charge in [0.2, 0.25) is 5.96 Å². The first-order chi connectivity index (χ1) is 12.9. The number of anilines is 2. The molecule has 0 spiro atoms. The minimum Gasteiger partial charge on any atom is -0.388 e. The normalized spacial score (nSPS) is 19.6. The van der Waals surface area contributed by atoms with E-state index >= 15 is 0 Å². The second-order valence-electron chi connectivity index (χ2n) is 6.96. The van der Waals surface area contributed by atoms with Crippen LogP contribution in [0.4, 0.5) is 11.4 Å². The van der Waals surface area contributed by atoms with Crippen LogP contribution in [0.1, 0.15) is 31.0 Å². The summed E-state index contributed by atoms with van der Waals surface area (Å²) in [6.07, 6.45) is 1.02. The highest BCUT2D eigenvalue weighted by atomic mass is 16.3. The number of hydrogen-bond donors (Lipinski definition) is 4. The number of rotatable bonds is 2. The molecule has 0 aliphatic carbocycles. The molecule has 2 atom stereocenters. The fourth-order valence-electron chi connectivity index (χ4n) is 3.23. The highest BCUT2D eigenvalue weighted by Gasteiger charge is 2.44. The van der Waals surface area contributed by atoms with E-state index in [-0.39, 0.29) is 5.96 Å². The summed E-state index contributed by atoms with van der Waals surface area (Å²) in [6.45, 7) is 3.66. The summed E-state index contributed by atoms with van der Waals surface area (Å²) in [5.41, 5.74) is 1.68. The van der Waals surface area contributed by atoms with Gasteiger partial charge in [-0.15, -0.1) is 0 Å². The molecule has 1 aliphatic heterocycles. The smallest absolute Gasteiger partial charge is 0.209 e. The third-order valence-corrected chi connectivity index (χ3v) is 4.66. The highest BCUT2D eigenvalue weighted by molar-refractivity contribution is 5.92. The van der Waals surface area contributed by atoms with Crippen molar-refractivity contribution >= 4 is 17.3 Å². The molecule has 27 heavy (non-hydrogen) atoms. The zero-order valence-corrected chi connectivity index (χ0v) is 15.1. The standard InChI is InChI=1S/C20H20N6O/c1-20(2)18(27)17(15-10-13(11-21)8-9-16(15)25-20)26(12-22)19(23)24-14-6-4-3-5-7-14/h3-10,17-18,25,27H,1-2H3,(H2,23,24)/t17-,18+/m0/s1. The SMILES string of the molecule is CC1(C)Nc2ccc(C#N)cc2[C@H](N(C#N)C(=N)Nc2ccccc2)[C@H]1O. The first-order valence-electron chi connectivity index (χ1n) is 8.47. The quantitative estimate of drug-likeness (QED) is 0.283. The molecule has 7 nitrogen and oxygen atoms in total. The van der Waals surface area contributed by atoms with E-state index in [1.54, 1.807) is 30.3 Å². The van der Waals surface area contributed by atoms with Crippen LogP contribution in [0.3, 0.4) is 0 Å². The van der Waals surface area contributed by atoms with E-state index in [0.717, 1.165) is 10.6 Å². The molecule has 0 aromatic heterocycles. The van der Waals surface area contributed by atoms with E-state index < -0.39 is 17.7 Å². The van der Waals surface area contributed by atoms with Crippen LogP contribution in [0.2, 0.25) is 0 Å². The van der Waals surface area contributed by atoms with Gasteiger partial charge in [-0.2, -0.15) is 10.5 Å². The maximum Gasteiger partial charge on any atom is 0.209 e. The Kier molecular flexibility index (Phi) is 4.72. The van der Waals surface area contributed by atoms with Crippen molar-refractivity contribution in [2.75, 3.05) is 10.6 Å². The molecular formula is C20H20N6O. The monoisotopic (exact) mass is 360 g/mol. The van der Waals surface area contributed by atoms with Gasteiger partial charge in [0.25, 0.3) is 0 Å². The Balaban J connectivity index is 2.03. The van der Waals surface area contributed by atoms with E-state index in [2.05, 4.69) is 16.7 Å². The molecule has 0 amide bonds. The van der Waals surface area contributed by atoms with E-state index in [4.69, 9.17) is 5.41 Å². The fourth-order valence-corrected chi connectivity index (χ4v) is 3.23. The maximum absolute atomic E-state index is 11.0. The predicted octanol–water partition coefficient (Wildman–Crippen LogP) is 2.99. The minimum absolute atomic E-state index is 0.154. The van der Waals surface area contributed by atoms with Gasteiger partial charge in [0, 0.05) is 16.9 Å². The molecule has 0 fully saturated rings. The summed E-state index contributed by atoms with van der Waals surface area (Å²) in [5.74, 6) is -0.154. The molecule has 7 heteroatoms. The number of nitrogens with zero attached hydrogens (tertiary/aromatic N) is 3. The average Bonchev–Trinajstić information content (AvgIpc) is 2.65. The van der Waals surface area contributed by atoms with Crippen LogP contribution >= 0.6 is 0 Å². The van der Waals surface area contributed by atoms with Crippen molar-refractivity contribution in [2.45, 2.75) is 31.5 Å². The van der Waals surface area contributed by atoms with Gasteiger partial charge in [-0.3, -0.25) is 5.41 Å². The van der Waals surface area contributed by atoms with Gasteiger partial charge in [0.05, 0.1) is 17.2 Å². The van der Waals surface area contributed by atoms with Crippen LogP contribution < -0.4 is 10.6 Å². The lowest BCUT2D eigenvalue weighted by molar-refractivity contribution is 0.0487. The van der Waals surface area contributed by atoms with Gasteiger partial charge in [-0.1, -0.05) is 18.2 Å². The molecule has 0 saturated heterocycles. The van der Waals surface area contributed by atoms with Crippen molar-refractivity contribution in [3.63, 3.8) is 0 Å². The predicted molar refractivity (Wildman–Crippen MR) is 103 cm³/mol. The summed E-state index contributed by atoms with van der Waals surface area (Å²) < 4.78 is 0. The van der Waals surface area contributed by atoms with Crippen LogP contribution in [-0.4, -0.2) is 27.6 Å². The molecule has 0 radical (unpaired) electrons. The largest absolute Gasteiger partial charge is 0.388 e. The average molecular weight is 360 g/mol. The fraction of sp³-hybridized carbons (Fsp3) is 0.250. The summed E-state index contributed by atoms with van der Waals surface area (Å²) in [7, 11) is 0. The molecule has 2 aromatic rings. The lowest BCUT2D eigenvalue weighted by Crippen LogP contribution is -2.55. The number of aliphatic hydroxyl groups is 1. The van der Waals surface area contributed by atoms with Crippen LogP contribution in [-0.2, 0) is 0 Å². The van der Waals surface area contributed by atoms with Crippen molar-refractivity contribution in [1.29, 1.82) is 15.9 Å². The van der Waals surface area contributed by atoms with E-state index in [1.165, 1.54) is 0 Å². The number of nitriles is 2. The molecular weight excluding hydrogens is 340 g/mol. The summed E-state index contributed by atoms with van der Waals surface area (Å²) in [5, 5.41) is 44.5. The van der Waals surface area contributed by atoms with Gasteiger partial charge in [0.15, 0.2) is 6.19 Å². The number of guanidine groups is 1. The first kappa shape index (κ1) is 18.2.